The molecule has 120 valence electrons. The normalized spacial score (nSPS) is 16.4. The van der Waals surface area contributed by atoms with Crippen molar-refractivity contribution in [3.8, 4) is 0 Å². The van der Waals surface area contributed by atoms with E-state index in [9.17, 15) is 9.90 Å². The van der Waals surface area contributed by atoms with E-state index in [-0.39, 0.29) is 11.4 Å². The zero-order valence-electron chi connectivity index (χ0n) is 12.5. The first-order chi connectivity index (χ1) is 11.1. The summed E-state index contributed by atoms with van der Waals surface area (Å²) in [5.74, 6) is 0. The summed E-state index contributed by atoms with van der Waals surface area (Å²) in [6, 6.07) is 12.5. The van der Waals surface area contributed by atoms with Crippen molar-refractivity contribution in [2.24, 2.45) is 5.41 Å². The minimum Gasteiger partial charge on any atom is -0.388 e. The molecular formula is C17H18ClN3O2. The van der Waals surface area contributed by atoms with Crippen LogP contribution in [0.1, 0.15) is 24.5 Å². The van der Waals surface area contributed by atoms with Gasteiger partial charge in [0, 0.05) is 23.8 Å². The molecule has 0 radical (unpaired) electrons. The summed E-state index contributed by atoms with van der Waals surface area (Å²) in [6.45, 7) is 0.424. The van der Waals surface area contributed by atoms with Gasteiger partial charge in [-0.25, -0.2) is 9.78 Å². The molecule has 6 heteroatoms. The molecule has 23 heavy (non-hydrogen) atoms. The van der Waals surface area contributed by atoms with Crippen LogP contribution >= 0.6 is 11.6 Å². The molecule has 2 aromatic rings. The molecule has 3 rings (SSSR count). The molecule has 1 aromatic carbocycles. The summed E-state index contributed by atoms with van der Waals surface area (Å²) in [5.41, 5.74) is 1.19. The number of hydrogen-bond donors (Lipinski definition) is 3. The predicted molar refractivity (Wildman–Crippen MR) is 89.3 cm³/mol. The van der Waals surface area contributed by atoms with Crippen LogP contribution in [0.15, 0.2) is 48.7 Å². The zero-order valence-corrected chi connectivity index (χ0v) is 13.3. The van der Waals surface area contributed by atoms with E-state index in [1.165, 1.54) is 6.20 Å². The van der Waals surface area contributed by atoms with E-state index >= 15 is 0 Å². The molecule has 0 aliphatic heterocycles. The van der Waals surface area contributed by atoms with Crippen LogP contribution in [0.5, 0.6) is 0 Å². The molecule has 1 aliphatic rings. The Morgan fingerprint density at radius 3 is 2.70 bits per heavy atom. The predicted octanol–water partition coefficient (Wildman–Crippen LogP) is 3.37. The molecule has 1 heterocycles. The number of rotatable bonds is 5. The van der Waals surface area contributed by atoms with Crippen LogP contribution in [0.3, 0.4) is 0 Å². The first-order valence-corrected chi connectivity index (χ1v) is 7.86. The van der Waals surface area contributed by atoms with Gasteiger partial charge in [-0.2, -0.15) is 0 Å². The number of amides is 2. The van der Waals surface area contributed by atoms with Gasteiger partial charge in [0.25, 0.3) is 0 Å². The molecule has 1 unspecified atom stereocenters. The molecule has 0 spiro atoms. The number of nitrogens with zero attached hydrogens (tertiary/aromatic N) is 1. The second-order valence-corrected chi connectivity index (χ2v) is 6.24. The standard InChI is InChI=1S/C17H18ClN3O2/c18-14-10-13(6-9-19-14)21-16(23)20-11-17(7-8-17)15(22)12-4-2-1-3-5-12/h1-6,9-10,15,22H,7-8,11H2,(H2,19,20,21,23). The van der Waals surface area contributed by atoms with Crippen molar-refractivity contribution >= 4 is 23.3 Å². The van der Waals surface area contributed by atoms with Gasteiger partial charge >= 0.3 is 6.03 Å². The number of nitrogens with one attached hydrogen (secondary N) is 2. The maximum absolute atomic E-state index is 12.0. The molecular weight excluding hydrogens is 314 g/mol. The fourth-order valence-corrected chi connectivity index (χ4v) is 2.78. The molecule has 0 bridgehead atoms. The summed E-state index contributed by atoms with van der Waals surface area (Å²) in [6.07, 6.45) is 2.74. The maximum Gasteiger partial charge on any atom is 0.319 e. The highest BCUT2D eigenvalue weighted by Gasteiger charge is 2.49. The number of pyridine rings is 1. The quantitative estimate of drug-likeness (QED) is 0.735. The van der Waals surface area contributed by atoms with E-state index < -0.39 is 6.10 Å². The molecule has 5 nitrogen and oxygen atoms in total. The van der Waals surface area contributed by atoms with Crippen molar-refractivity contribution in [2.45, 2.75) is 18.9 Å². The van der Waals surface area contributed by atoms with Gasteiger partial charge in [-0.1, -0.05) is 41.9 Å². The smallest absolute Gasteiger partial charge is 0.319 e. The number of carbonyl (C=O) groups excluding carboxylic acids is 1. The molecule has 1 aliphatic carbocycles. The van der Waals surface area contributed by atoms with Gasteiger partial charge in [0.2, 0.25) is 0 Å². The molecule has 1 fully saturated rings. The molecule has 3 N–H and O–H groups in total. The topological polar surface area (TPSA) is 74.2 Å². The highest BCUT2D eigenvalue weighted by molar-refractivity contribution is 6.29. The van der Waals surface area contributed by atoms with Crippen LogP contribution in [-0.4, -0.2) is 22.7 Å². The van der Waals surface area contributed by atoms with E-state index in [0.717, 1.165) is 18.4 Å². The number of anilines is 1. The molecule has 1 saturated carbocycles. The summed E-state index contributed by atoms with van der Waals surface area (Å²) in [4.78, 5) is 15.8. The lowest BCUT2D eigenvalue weighted by Crippen LogP contribution is -2.36. The van der Waals surface area contributed by atoms with Gasteiger partial charge in [0.05, 0.1) is 6.10 Å². The fourth-order valence-electron chi connectivity index (χ4n) is 2.61. The third kappa shape index (κ3) is 3.81. The number of urea groups is 1. The number of halogens is 1. The van der Waals surface area contributed by atoms with Crippen LogP contribution in [-0.2, 0) is 0 Å². The summed E-state index contributed by atoms with van der Waals surface area (Å²) < 4.78 is 0. The summed E-state index contributed by atoms with van der Waals surface area (Å²) in [5, 5.41) is 16.4. The van der Waals surface area contributed by atoms with E-state index in [0.29, 0.717) is 17.4 Å². The van der Waals surface area contributed by atoms with E-state index in [1.807, 2.05) is 30.3 Å². The Morgan fingerprint density at radius 2 is 2.04 bits per heavy atom. The van der Waals surface area contributed by atoms with Gasteiger partial charge < -0.3 is 15.7 Å². The number of hydrogen-bond acceptors (Lipinski definition) is 3. The molecule has 0 saturated heterocycles. The summed E-state index contributed by atoms with van der Waals surface area (Å²) >= 11 is 5.78. The van der Waals surface area contributed by atoms with Gasteiger partial charge in [-0.3, -0.25) is 0 Å². The average Bonchev–Trinajstić information content (AvgIpc) is 3.34. The highest BCUT2D eigenvalue weighted by Crippen LogP contribution is 2.54. The lowest BCUT2D eigenvalue weighted by atomic mass is 9.93. The van der Waals surface area contributed by atoms with E-state index in [2.05, 4.69) is 15.6 Å². The van der Waals surface area contributed by atoms with E-state index in [1.54, 1.807) is 12.1 Å². The van der Waals surface area contributed by atoms with Crippen LogP contribution < -0.4 is 10.6 Å². The van der Waals surface area contributed by atoms with Gasteiger partial charge in [-0.15, -0.1) is 0 Å². The van der Waals surface area contributed by atoms with Crippen molar-refractivity contribution in [2.75, 3.05) is 11.9 Å². The number of aliphatic hydroxyl groups is 1. The van der Waals surface area contributed by atoms with Crippen LogP contribution in [0, 0.1) is 5.41 Å². The molecule has 1 atom stereocenters. The monoisotopic (exact) mass is 331 g/mol. The minimum absolute atomic E-state index is 0.269. The largest absolute Gasteiger partial charge is 0.388 e. The number of aliphatic hydroxyl groups excluding tert-OH is 1. The van der Waals surface area contributed by atoms with E-state index in [4.69, 9.17) is 11.6 Å². The van der Waals surface area contributed by atoms with Crippen LogP contribution in [0.2, 0.25) is 5.15 Å². The number of benzene rings is 1. The first-order valence-electron chi connectivity index (χ1n) is 7.48. The third-order valence-electron chi connectivity index (χ3n) is 4.17. The Labute approximate surface area is 139 Å². The van der Waals surface area contributed by atoms with Crippen molar-refractivity contribution in [1.29, 1.82) is 0 Å². The van der Waals surface area contributed by atoms with Gasteiger partial charge in [0.1, 0.15) is 5.15 Å². The van der Waals surface area contributed by atoms with Crippen molar-refractivity contribution in [3.05, 3.63) is 59.4 Å². The lowest BCUT2D eigenvalue weighted by molar-refractivity contribution is 0.0936. The first kappa shape index (κ1) is 15.8. The zero-order chi connectivity index (χ0) is 16.3. The van der Waals surface area contributed by atoms with Crippen molar-refractivity contribution in [3.63, 3.8) is 0 Å². The second-order valence-electron chi connectivity index (χ2n) is 5.85. The Balaban J connectivity index is 1.56. The third-order valence-corrected chi connectivity index (χ3v) is 4.38. The van der Waals surface area contributed by atoms with Crippen LogP contribution in [0.25, 0.3) is 0 Å². The molecule has 1 aromatic heterocycles. The number of aromatic nitrogens is 1. The Bertz CT molecular complexity index is 689. The SMILES string of the molecule is O=C(NCC1(C(O)c2ccccc2)CC1)Nc1ccnc(Cl)c1. The van der Waals surface area contributed by atoms with Gasteiger partial charge in [-0.05, 0) is 30.5 Å². The Hall–Kier alpha value is -2.11. The Morgan fingerprint density at radius 1 is 1.30 bits per heavy atom. The molecule has 2 amide bonds. The maximum atomic E-state index is 12.0. The average molecular weight is 332 g/mol. The second kappa shape index (κ2) is 6.56. The fraction of sp³-hybridized carbons (Fsp3) is 0.294. The highest BCUT2D eigenvalue weighted by atomic mass is 35.5. The van der Waals surface area contributed by atoms with Crippen molar-refractivity contribution in [1.82, 2.24) is 10.3 Å². The van der Waals surface area contributed by atoms with Crippen molar-refractivity contribution < 1.29 is 9.90 Å². The number of carbonyl (C=O) groups is 1. The minimum atomic E-state index is -0.570. The summed E-state index contributed by atoms with van der Waals surface area (Å²) in [7, 11) is 0. The Kier molecular flexibility index (Phi) is 4.50. The lowest BCUT2D eigenvalue weighted by Gasteiger charge is -2.23. The van der Waals surface area contributed by atoms with Crippen LogP contribution in [0.4, 0.5) is 10.5 Å². The van der Waals surface area contributed by atoms with Gasteiger partial charge in [0.15, 0.2) is 0 Å².